The quantitative estimate of drug-likeness (QED) is 0.644. The second-order valence-corrected chi connectivity index (χ2v) is 9.40. The molecule has 30 heavy (non-hydrogen) atoms. The lowest BCUT2D eigenvalue weighted by molar-refractivity contribution is -0.199. The van der Waals surface area contributed by atoms with E-state index in [-0.39, 0.29) is 11.7 Å². The molecule has 0 bridgehead atoms. The average Bonchev–Trinajstić information content (AvgIpc) is 2.67. The van der Waals surface area contributed by atoms with E-state index in [2.05, 4.69) is 0 Å². The number of benzene rings is 1. The zero-order valence-electron chi connectivity index (χ0n) is 18.4. The summed E-state index contributed by atoms with van der Waals surface area (Å²) in [6.07, 6.45) is -2.67. The first-order valence-electron chi connectivity index (χ1n) is 10.4. The van der Waals surface area contributed by atoms with Gasteiger partial charge in [0.05, 0.1) is 18.6 Å². The molecule has 0 saturated heterocycles. The first kappa shape index (κ1) is 22.6. The molecule has 1 fully saturated rings. The van der Waals surface area contributed by atoms with Gasteiger partial charge in [0.15, 0.2) is 0 Å². The largest absolute Gasteiger partial charge is 0.508 e. The molecule has 0 radical (unpaired) electrons. The molecule has 166 valence electrons. The van der Waals surface area contributed by atoms with E-state index in [1.54, 1.807) is 26.0 Å². The molecule has 0 aromatic heterocycles. The van der Waals surface area contributed by atoms with E-state index in [0.29, 0.717) is 24.0 Å². The first-order chi connectivity index (χ1) is 13.9. The van der Waals surface area contributed by atoms with Crippen molar-refractivity contribution in [2.75, 3.05) is 7.11 Å². The lowest BCUT2D eigenvalue weighted by Crippen LogP contribution is -2.64. The van der Waals surface area contributed by atoms with E-state index in [1.807, 2.05) is 13.8 Å². The van der Waals surface area contributed by atoms with Crippen LogP contribution < -0.4 is 0 Å². The fraction of sp³-hybridized carbons (Fsp3) is 0.652. The SMILES string of the molecule is COC(=O)[C@]1(C)CC[C@H](O)[C@]2(C)c3c(O)cc(C(C)C)cc3[C@H](O)[C@@H](OC(C)=O)[C@H]21. The predicted molar refractivity (Wildman–Crippen MR) is 109 cm³/mol. The van der Waals surface area contributed by atoms with Crippen molar-refractivity contribution in [3.63, 3.8) is 0 Å². The minimum atomic E-state index is -1.26. The summed E-state index contributed by atoms with van der Waals surface area (Å²) < 4.78 is 10.7. The number of hydrogen-bond donors (Lipinski definition) is 3. The van der Waals surface area contributed by atoms with E-state index >= 15 is 0 Å². The molecule has 6 atom stereocenters. The number of methoxy groups -OCH3 is 1. The zero-order valence-corrected chi connectivity index (χ0v) is 18.4. The van der Waals surface area contributed by atoms with Gasteiger partial charge in [0.1, 0.15) is 18.0 Å². The van der Waals surface area contributed by atoms with E-state index in [0.717, 1.165) is 5.56 Å². The molecular weight excluding hydrogens is 388 g/mol. The summed E-state index contributed by atoms with van der Waals surface area (Å²) in [5.41, 5.74) is -0.651. The van der Waals surface area contributed by atoms with Crippen LogP contribution in [0.1, 0.15) is 76.2 Å². The number of phenols is 1. The van der Waals surface area contributed by atoms with Gasteiger partial charge in [-0.3, -0.25) is 9.59 Å². The molecule has 0 amide bonds. The van der Waals surface area contributed by atoms with Gasteiger partial charge in [-0.25, -0.2) is 0 Å². The van der Waals surface area contributed by atoms with Crippen LogP contribution in [-0.4, -0.2) is 46.6 Å². The molecule has 1 aromatic rings. The number of phenolic OH excluding ortho intramolecular Hbond substituents is 1. The minimum Gasteiger partial charge on any atom is -0.508 e. The Balaban J connectivity index is 2.35. The Hall–Kier alpha value is -2.12. The van der Waals surface area contributed by atoms with Crippen LogP contribution in [0.2, 0.25) is 0 Å². The van der Waals surface area contributed by atoms with Crippen LogP contribution in [0.15, 0.2) is 12.1 Å². The second kappa shape index (κ2) is 7.54. The summed E-state index contributed by atoms with van der Waals surface area (Å²) in [5.74, 6) is -1.86. The predicted octanol–water partition coefficient (Wildman–Crippen LogP) is 2.70. The third kappa shape index (κ3) is 3.10. The summed E-state index contributed by atoms with van der Waals surface area (Å²) in [7, 11) is 1.29. The van der Waals surface area contributed by atoms with Crippen LogP contribution in [0, 0.1) is 11.3 Å². The van der Waals surface area contributed by atoms with Crippen molar-refractivity contribution in [2.45, 2.75) is 77.1 Å². The van der Waals surface area contributed by atoms with Crippen molar-refractivity contribution in [3.05, 3.63) is 28.8 Å². The van der Waals surface area contributed by atoms with Crippen molar-refractivity contribution >= 4 is 11.9 Å². The van der Waals surface area contributed by atoms with Crippen molar-refractivity contribution in [1.82, 2.24) is 0 Å². The summed E-state index contributed by atoms with van der Waals surface area (Å²) in [6.45, 7) is 8.65. The second-order valence-electron chi connectivity index (χ2n) is 9.40. The zero-order chi connectivity index (χ0) is 22.6. The average molecular weight is 421 g/mol. The fourth-order valence-electron chi connectivity index (χ4n) is 5.76. The highest BCUT2D eigenvalue weighted by molar-refractivity contribution is 5.78. The Morgan fingerprint density at radius 3 is 2.37 bits per heavy atom. The number of ether oxygens (including phenoxy) is 2. The number of carbonyl (C=O) groups excluding carboxylic acids is 2. The number of aliphatic hydroxyl groups excluding tert-OH is 2. The van der Waals surface area contributed by atoms with Gasteiger partial charge in [-0.05, 0) is 42.9 Å². The highest BCUT2D eigenvalue weighted by Gasteiger charge is 2.66. The van der Waals surface area contributed by atoms with Gasteiger partial charge in [0.25, 0.3) is 0 Å². The Morgan fingerprint density at radius 1 is 1.20 bits per heavy atom. The van der Waals surface area contributed by atoms with Crippen molar-refractivity contribution in [3.8, 4) is 5.75 Å². The number of esters is 2. The Kier molecular flexibility index (Phi) is 5.67. The topological polar surface area (TPSA) is 113 Å². The number of fused-ring (bicyclic) bond motifs is 3. The van der Waals surface area contributed by atoms with Crippen molar-refractivity contribution < 1.29 is 34.4 Å². The molecule has 2 aliphatic rings. The number of aromatic hydroxyl groups is 1. The monoisotopic (exact) mass is 420 g/mol. The molecule has 3 rings (SSSR count). The Labute approximate surface area is 177 Å². The molecule has 7 nitrogen and oxygen atoms in total. The number of aliphatic hydroxyl groups is 2. The number of rotatable bonds is 3. The van der Waals surface area contributed by atoms with Gasteiger partial charge in [0.2, 0.25) is 0 Å². The molecule has 0 aliphatic heterocycles. The summed E-state index contributed by atoms with van der Waals surface area (Å²) in [4.78, 5) is 24.8. The maximum atomic E-state index is 12.9. The van der Waals surface area contributed by atoms with E-state index in [1.165, 1.54) is 14.0 Å². The van der Waals surface area contributed by atoms with Crippen LogP contribution in [0.5, 0.6) is 5.75 Å². The van der Waals surface area contributed by atoms with Crippen molar-refractivity contribution in [2.24, 2.45) is 11.3 Å². The third-order valence-corrected chi connectivity index (χ3v) is 7.25. The van der Waals surface area contributed by atoms with Crippen LogP contribution in [-0.2, 0) is 24.5 Å². The molecule has 1 saturated carbocycles. The third-order valence-electron chi connectivity index (χ3n) is 7.25. The van der Waals surface area contributed by atoms with Gasteiger partial charge in [-0.2, -0.15) is 0 Å². The van der Waals surface area contributed by atoms with Gasteiger partial charge in [0, 0.05) is 23.8 Å². The van der Waals surface area contributed by atoms with Gasteiger partial charge < -0.3 is 24.8 Å². The molecular formula is C23H32O7. The van der Waals surface area contributed by atoms with Gasteiger partial charge in [-0.1, -0.05) is 26.8 Å². The van der Waals surface area contributed by atoms with Crippen molar-refractivity contribution in [1.29, 1.82) is 0 Å². The van der Waals surface area contributed by atoms with E-state index in [9.17, 15) is 24.9 Å². The first-order valence-corrected chi connectivity index (χ1v) is 10.4. The van der Waals surface area contributed by atoms with Gasteiger partial charge >= 0.3 is 11.9 Å². The Bertz CT molecular complexity index is 863. The normalized spacial score (nSPS) is 35.4. The number of hydrogen-bond acceptors (Lipinski definition) is 7. The van der Waals surface area contributed by atoms with E-state index < -0.39 is 47.0 Å². The van der Waals surface area contributed by atoms with Crippen LogP contribution in [0.4, 0.5) is 0 Å². The maximum Gasteiger partial charge on any atom is 0.311 e. The standard InChI is InChI=1S/C23H32O7/c1-11(2)13-9-14-17(15(25)10-13)23(5)16(26)7-8-22(4,21(28)29-6)20(23)19(18(14)27)30-12(3)24/h9-11,16,18-20,25-27H,7-8H2,1-6H3/t16-,18-,19+,20-,22+,23+/m0/s1. The molecule has 1 aromatic carbocycles. The van der Waals surface area contributed by atoms with Crippen LogP contribution in [0.3, 0.4) is 0 Å². The molecule has 3 N–H and O–H groups in total. The van der Waals surface area contributed by atoms with E-state index in [4.69, 9.17) is 9.47 Å². The molecule has 0 spiro atoms. The summed E-state index contributed by atoms with van der Waals surface area (Å²) in [6, 6.07) is 3.43. The summed E-state index contributed by atoms with van der Waals surface area (Å²) >= 11 is 0. The lowest BCUT2D eigenvalue weighted by atomic mass is 9.47. The molecule has 0 heterocycles. The molecule has 2 aliphatic carbocycles. The molecule has 7 heteroatoms. The summed E-state index contributed by atoms with van der Waals surface area (Å²) in [5, 5.41) is 33.5. The fourth-order valence-corrected chi connectivity index (χ4v) is 5.76. The lowest BCUT2D eigenvalue weighted by Gasteiger charge is -2.59. The number of carbonyl (C=O) groups is 2. The minimum absolute atomic E-state index is 0.0443. The van der Waals surface area contributed by atoms with Gasteiger partial charge in [-0.15, -0.1) is 0 Å². The molecule has 0 unspecified atom stereocenters. The van der Waals surface area contributed by atoms with Crippen LogP contribution in [0.25, 0.3) is 0 Å². The highest BCUT2D eigenvalue weighted by Crippen LogP contribution is 2.62. The maximum absolute atomic E-state index is 12.9. The highest BCUT2D eigenvalue weighted by atomic mass is 16.6. The Morgan fingerprint density at radius 2 is 1.83 bits per heavy atom. The smallest absolute Gasteiger partial charge is 0.311 e. The van der Waals surface area contributed by atoms with Crippen LogP contribution >= 0.6 is 0 Å².